The van der Waals surface area contributed by atoms with E-state index in [2.05, 4.69) is 23.9 Å². The van der Waals surface area contributed by atoms with E-state index in [9.17, 15) is 0 Å². The van der Waals surface area contributed by atoms with Crippen LogP contribution in [0.15, 0.2) is 36.9 Å². The van der Waals surface area contributed by atoms with Gasteiger partial charge in [-0.3, -0.25) is 0 Å². The molecule has 0 saturated carbocycles. The minimum absolute atomic E-state index is 0.140. The van der Waals surface area contributed by atoms with E-state index < -0.39 is 0 Å². The molecular formula is C15H18ClN3O2. The van der Waals surface area contributed by atoms with Crippen LogP contribution in [0.4, 0.5) is 0 Å². The Bertz CT molecular complexity index is 592. The normalized spacial score (nSPS) is 21.3. The maximum absolute atomic E-state index is 5.89. The third-order valence-corrected chi connectivity index (χ3v) is 4.28. The average molecular weight is 308 g/mol. The van der Waals surface area contributed by atoms with Crippen molar-refractivity contribution < 1.29 is 9.47 Å². The fourth-order valence-corrected chi connectivity index (χ4v) is 2.41. The van der Waals surface area contributed by atoms with Gasteiger partial charge >= 0.3 is 0 Å². The second-order valence-corrected chi connectivity index (χ2v) is 6.44. The van der Waals surface area contributed by atoms with E-state index in [-0.39, 0.29) is 11.0 Å². The van der Waals surface area contributed by atoms with Gasteiger partial charge in [0.2, 0.25) is 0 Å². The summed E-state index contributed by atoms with van der Waals surface area (Å²) < 4.78 is 13.4. The molecule has 0 bridgehead atoms. The van der Waals surface area contributed by atoms with Gasteiger partial charge in [-0.1, -0.05) is 25.4 Å². The Balaban J connectivity index is 1.64. The zero-order valence-corrected chi connectivity index (χ0v) is 12.9. The molecule has 3 rings (SSSR count). The van der Waals surface area contributed by atoms with E-state index in [1.165, 1.54) is 6.33 Å². The van der Waals surface area contributed by atoms with Crippen molar-refractivity contribution in [3.05, 3.63) is 41.9 Å². The molecule has 1 aliphatic rings. The van der Waals surface area contributed by atoms with Crippen molar-refractivity contribution in [1.82, 2.24) is 14.8 Å². The van der Waals surface area contributed by atoms with E-state index in [4.69, 9.17) is 21.1 Å². The molecule has 2 heterocycles. The van der Waals surface area contributed by atoms with Gasteiger partial charge in [-0.25, -0.2) is 9.67 Å². The summed E-state index contributed by atoms with van der Waals surface area (Å²) in [6.45, 7) is 6.25. The van der Waals surface area contributed by atoms with Gasteiger partial charge in [-0.15, -0.1) is 0 Å². The largest absolute Gasteiger partial charge is 0.493 e. The molecule has 0 N–H and O–H groups in total. The Morgan fingerprint density at radius 2 is 2.10 bits per heavy atom. The van der Waals surface area contributed by atoms with E-state index in [0.717, 1.165) is 5.75 Å². The smallest absolute Gasteiger partial charge is 0.137 e. The summed E-state index contributed by atoms with van der Waals surface area (Å²) in [5.74, 6) is 0.809. The van der Waals surface area contributed by atoms with Gasteiger partial charge in [0.05, 0.1) is 19.8 Å². The van der Waals surface area contributed by atoms with Crippen LogP contribution in [-0.4, -0.2) is 33.6 Å². The van der Waals surface area contributed by atoms with Crippen molar-refractivity contribution in [2.75, 3.05) is 13.2 Å². The van der Waals surface area contributed by atoms with Crippen LogP contribution >= 0.6 is 11.6 Å². The Labute approximate surface area is 128 Å². The van der Waals surface area contributed by atoms with Gasteiger partial charge < -0.3 is 9.47 Å². The topological polar surface area (TPSA) is 52.5 Å². The van der Waals surface area contributed by atoms with Gasteiger partial charge in [-0.05, 0) is 24.3 Å². The fourth-order valence-electron chi connectivity index (χ4n) is 2.29. The predicted octanol–water partition coefficient (Wildman–Crippen LogP) is 2.81. The van der Waals surface area contributed by atoms with Gasteiger partial charge in [-0.2, -0.15) is 5.10 Å². The minimum atomic E-state index is -0.243. The lowest BCUT2D eigenvalue weighted by Gasteiger charge is -2.31. The Morgan fingerprint density at radius 1 is 1.38 bits per heavy atom. The summed E-state index contributed by atoms with van der Waals surface area (Å²) >= 11 is 5.87. The maximum Gasteiger partial charge on any atom is 0.137 e. The van der Waals surface area contributed by atoms with Crippen LogP contribution in [0.25, 0.3) is 0 Å². The molecule has 2 aromatic rings. The van der Waals surface area contributed by atoms with Crippen LogP contribution in [-0.2, 0) is 11.3 Å². The first-order valence-corrected chi connectivity index (χ1v) is 7.23. The molecule has 6 heteroatoms. The van der Waals surface area contributed by atoms with Crippen LogP contribution in [0.3, 0.4) is 0 Å². The third kappa shape index (κ3) is 3.04. The number of benzene rings is 1. The highest BCUT2D eigenvalue weighted by Gasteiger charge is 2.57. The van der Waals surface area contributed by atoms with Crippen LogP contribution in [0.1, 0.15) is 13.8 Å². The van der Waals surface area contributed by atoms with Gasteiger partial charge in [0.15, 0.2) is 0 Å². The van der Waals surface area contributed by atoms with Gasteiger partial charge in [0.25, 0.3) is 0 Å². The number of aromatic nitrogens is 3. The van der Waals surface area contributed by atoms with Crippen molar-refractivity contribution in [1.29, 1.82) is 0 Å². The number of ether oxygens (including phenoxy) is 2. The molecule has 1 fully saturated rings. The number of epoxide rings is 1. The third-order valence-electron chi connectivity index (χ3n) is 4.02. The molecule has 1 aliphatic heterocycles. The van der Waals surface area contributed by atoms with Gasteiger partial charge in [0, 0.05) is 10.4 Å². The number of hydrogen-bond donors (Lipinski definition) is 0. The molecule has 0 amide bonds. The molecule has 0 aliphatic carbocycles. The molecule has 0 spiro atoms. The van der Waals surface area contributed by atoms with Crippen LogP contribution in [0.5, 0.6) is 5.75 Å². The molecule has 5 nitrogen and oxygen atoms in total. The highest BCUT2D eigenvalue weighted by atomic mass is 35.5. The number of hydrogen-bond acceptors (Lipinski definition) is 4. The van der Waals surface area contributed by atoms with Crippen LogP contribution in [0.2, 0.25) is 5.02 Å². The van der Waals surface area contributed by atoms with E-state index in [1.807, 2.05) is 24.3 Å². The second kappa shape index (κ2) is 5.31. The lowest BCUT2D eigenvalue weighted by molar-refractivity contribution is 0.0612. The number of rotatable bonds is 6. The maximum atomic E-state index is 5.89. The van der Waals surface area contributed by atoms with Crippen LogP contribution in [0, 0.1) is 5.41 Å². The van der Waals surface area contributed by atoms with Crippen molar-refractivity contribution in [3.63, 3.8) is 0 Å². The van der Waals surface area contributed by atoms with Crippen molar-refractivity contribution in [2.24, 2.45) is 5.41 Å². The summed E-state index contributed by atoms with van der Waals surface area (Å²) in [5, 5.41) is 4.86. The van der Waals surface area contributed by atoms with Crippen molar-refractivity contribution in [3.8, 4) is 5.75 Å². The Kier molecular flexibility index (Phi) is 3.63. The Hall–Kier alpha value is -1.59. The van der Waals surface area contributed by atoms with E-state index in [1.54, 1.807) is 11.0 Å². The van der Waals surface area contributed by atoms with E-state index >= 15 is 0 Å². The molecule has 1 atom stereocenters. The van der Waals surface area contributed by atoms with E-state index in [0.29, 0.717) is 24.8 Å². The van der Waals surface area contributed by atoms with Gasteiger partial charge in [0.1, 0.15) is 24.0 Å². The summed E-state index contributed by atoms with van der Waals surface area (Å²) in [6, 6.07) is 7.39. The highest BCUT2D eigenvalue weighted by molar-refractivity contribution is 6.30. The standard InChI is InChI=1S/C15H18ClN3O2/c1-14(2,8-20-13-5-3-12(16)4-6-13)15(9-21-15)7-19-11-17-10-18-19/h3-6,10-11H,7-9H2,1-2H3. The average Bonchev–Trinajstić information content (AvgIpc) is 3.07. The molecule has 112 valence electrons. The zero-order chi connectivity index (χ0) is 14.9. The fraction of sp³-hybridized carbons (Fsp3) is 0.467. The molecule has 1 aromatic heterocycles. The zero-order valence-electron chi connectivity index (χ0n) is 12.1. The first-order valence-electron chi connectivity index (χ1n) is 6.86. The molecule has 1 aromatic carbocycles. The minimum Gasteiger partial charge on any atom is -0.493 e. The summed E-state index contributed by atoms with van der Waals surface area (Å²) in [5.41, 5.74) is -0.383. The van der Waals surface area contributed by atoms with Crippen LogP contribution < -0.4 is 4.74 Å². The van der Waals surface area contributed by atoms with Crippen molar-refractivity contribution in [2.45, 2.75) is 26.0 Å². The molecule has 1 saturated heterocycles. The lowest BCUT2D eigenvalue weighted by Crippen LogP contribution is -2.41. The Morgan fingerprint density at radius 3 is 2.67 bits per heavy atom. The second-order valence-electron chi connectivity index (χ2n) is 6.00. The lowest BCUT2D eigenvalue weighted by atomic mass is 9.79. The molecule has 1 unspecified atom stereocenters. The number of halogens is 1. The summed E-state index contributed by atoms with van der Waals surface area (Å²) in [6.07, 6.45) is 3.24. The molecule has 0 radical (unpaired) electrons. The highest BCUT2D eigenvalue weighted by Crippen LogP contribution is 2.45. The first-order chi connectivity index (χ1) is 10.0. The predicted molar refractivity (Wildman–Crippen MR) is 79.4 cm³/mol. The summed E-state index contributed by atoms with van der Waals surface area (Å²) in [4.78, 5) is 3.97. The quantitative estimate of drug-likeness (QED) is 0.770. The molecule has 21 heavy (non-hydrogen) atoms. The first kappa shape index (κ1) is 14.4. The number of nitrogens with zero attached hydrogens (tertiary/aromatic N) is 3. The molecular weight excluding hydrogens is 290 g/mol. The van der Waals surface area contributed by atoms with Crippen molar-refractivity contribution >= 4 is 11.6 Å². The SMILES string of the molecule is CC(C)(COc1ccc(Cl)cc1)C1(Cn2cncn2)CO1. The summed E-state index contributed by atoms with van der Waals surface area (Å²) in [7, 11) is 0. The monoisotopic (exact) mass is 307 g/mol.